The normalized spacial score (nSPS) is 26.9. The van der Waals surface area contributed by atoms with Gasteiger partial charge in [0.2, 0.25) is 0 Å². The zero-order chi connectivity index (χ0) is 25.4. The van der Waals surface area contributed by atoms with E-state index in [2.05, 4.69) is 72.6 Å². The minimum absolute atomic E-state index is 0.00145. The van der Waals surface area contributed by atoms with Gasteiger partial charge in [0.15, 0.2) is 0 Å². The number of allylic oxidation sites excluding steroid dienone is 1. The van der Waals surface area contributed by atoms with Gasteiger partial charge in [0, 0.05) is 30.1 Å². The van der Waals surface area contributed by atoms with E-state index in [4.69, 9.17) is 0 Å². The average Bonchev–Trinajstić information content (AvgIpc) is 3.56. The fourth-order valence-corrected chi connectivity index (χ4v) is 7.28. The second-order valence-electron chi connectivity index (χ2n) is 11.5. The number of hydrogen-bond donors (Lipinski definition) is 1. The van der Waals surface area contributed by atoms with Crippen molar-refractivity contribution >= 4 is 12.0 Å². The van der Waals surface area contributed by atoms with Gasteiger partial charge in [-0.25, -0.2) is 0 Å². The third-order valence-electron chi connectivity index (χ3n) is 9.41. The molecule has 1 saturated heterocycles. The van der Waals surface area contributed by atoms with Crippen LogP contribution in [0.4, 0.5) is 0 Å². The molecule has 0 bridgehead atoms. The van der Waals surface area contributed by atoms with Crippen molar-refractivity contribution in [3.8, 4) is 0 Å². The van der Waals surface area contributed by atoms with Crippen LogP contribution in [0.5, 0.6) is 0 Å². The number of aryl methyl sites for hydroxylation is 1. The number of fused-ring (bicyclic) bond motifs is 2. The van der Waals surface area contributed by atoms with E-state index >= 15 is 0 Å². The predicted molar refractivity (Wildman–Crippen MR) is 152 cm³/mol. The van der Waals surface area contributed by atoms with E-state index in [1.165, 1.54) is 61.0 Å². The molecule has 2 fully saturated rings. The van der Waals surface area contributed by atoms with Gasteiger partial charge in [0.1, 0.15) is 0 Å². The van der Waals surface area contributed by atoms with Crippen molar-refractivity contribution in [2.24, 2.45) is 5.92 Å². The number of rotatable bonds is 5. The standard InChI is InChI=1S/C34H38N2O/c1-24-20-29(33(37)35-22-26-8-4-3-5-9-26)13-15-31(24)28-12-14-30(21-28)36-19-18-34(25(2)23-36)17-16-27-10-6-7-11-32(27)34/h3-11,13,15-17,20,25,28,30H,12,14,18-19,21-23H2,1-2H3,(H,35,37). The van der Waals surface area contributed by atoms with Gasteiger partial charge < -0.3 is 10.2 Å². The Hall–Kier alpha value is -3.17. The highest BCUT2D eigenvalue weighted by molar-refractivity contribution is 5.94. The van der Waals surface area contributed by atoms with E-state index in [-0.39, 0.29) is 11.3 Å². The number of amides is 1. The fourth-order valence-electron chi connectivity index (χ4n) is 7.28. The lowest BCUT2D eigenvalue weighted by Crippen LogP contribution is -2.50. The van der Waals surface area contributed by atoms with Gasteiger partial charge in [-0.1, -0.05) is 79.7 Å². The topological polar surface area (TPSA) is 32.3 Å². The maximum Gasteiger partial charge on any atom is 0.251 e. The molecule has 1 amide bonds. The minimum Gasteiger partial charge on any atom is -0.348 e. The summed E-state index contributed by atoms with van der Waals surface area (Å²) in [6, 6.07) is 26.0. The smallest absolute Gasteiger partial charge is 0.251 e. The van der Waals surface area contributed by atoms with Crippen LogP contribution in [0.2, 0.25) is 0 Å². The van der Waals surface area contributed by atoms with E-state index < -0.39 is 0 Å². The first kappa shape index (κ1) is 24.2. The first-order valence-corrected chi connectivity index (χ1v) is 14.0. The Labute approximate surface area is 221 Å². The Morgan fingerprint density at radius 2 is 1.84 bits per heavy atom. The van der Waals surface area contributed by atoms with Gasteiger partial charge >= 0.3 is 0 Å². The van der Waals surface area contributed by atoms with Crippen LogP contribution in [0.25, 0.3) is 6.08 Å². The number of benzene rings is 3. The lowest BCUT2D eigenvalue weighted by molar-refractivity contribution is 0.0898. The second-order valence-corrected chi connectivity index (χ2v) is 11.5. The Morgan fingerprint density at radius 1 is 1.03 bits per heavy atom. The summed E-state index contributed by atoms with van der Waals surface area (Å²) in [5, 5.41) is 3.06. The van der Waals surface area contributed by atoms with Crippen LogP contribution >= 0.6 is 0 Å². The third-order valence-corrected chi connectivity index (χ3v) is 9.41. The summed E-state index contributed by atoms with van der Waals surface area (Å²) in [5.74, 6) is 1.21. The molecule has 190 valence electrons. The SMILES string of the molecule is Cc1cc(C(=O)NCc2ccccc2)ccc1C1CCC(N2CCC3(C=Cc4ccccc43)C(C)C2)C1. The highest BCUT2D eigenvalue weighted by atomic mass is 16.1. The van der Waals surface area contributed by atoms with Crippen LogP contribution in [0, 0.1) is 12.8 Å². The van der Waals surface area contributed by atoms with Crippen LogP contribution in [0.15, 0.2) is 78.9 Å². The quantitative estimate of drug-likeness (QED) is 0.423. The molecule has 3 aromatic rings. The Morgan fingerprint density at radius 3 is 2.65 bits per heavy atom. The van der Waals surface area contributed by atoms with Crippen LogP contribution in [0.3, 0.4) is 0 Å². The lowest BCUT2D eigenvalue weighted by Gasteiger charge is -2.46. The number of likely N-dealkylation sites (tertiary alicyclic amines) is 1. The van der Waals surface area contributed by atoms with E-state index in [0.29, 0.717) is 24.4 Å². The number of piperidine rings is 1. The third kappa shape index (κ3) is 4.55. The van der Waals surface area contributed by atoms with Crippen molar-refractivity contribution in [2.75, 3.05) is 13.1 Å². The maximum atomic E-state index is 12.8. The molecule has 1 aliphatic heterocycles. The van der Waals surface area contributed by atoms with Gasteiger partial charge in [0.25, 0.3) is 5.91 Å². The first-order chi connectivity index (χ1) is 18.0. The molecule has 6 rings (SSSR count). The van der Waals surface area contributed by atoms with E-state index in [9.17, 15) is 4.79 Å². The molecule has 1 saturated carbocycles. The van der Waals surface area contributed by atoms with Crippen molar-refractivity contribution in [1.82, 2.24) is 10.2 Å². The minimum atomic E-state index is 0.00145. The molecule has 2 aliphatic carbocycles. The molecule has 4 unspecified atom stereocenters. The molecule has 1 N–H and O–H groups in total. The summed E-state index contributed by atoms with van der Waals surface area (Å²) >= 11 is 0. The van der Waals surface area contributed by atoms with Gasteiger partial charge in [-0.05, 0) is 90.9 Å². The summed E-state index contributed by atoms with van der Waals surface area (Å²) in [7, 11) is 0. The van der Waals surface area contributed by atoms with Crippen LogP contribution in [0.1, 0.15) is 76.7 Å². The van der Waals surface area contributed by atoms with Gasteiger partial charge in [0.05, 0.1) is 0 Å². The monoisotopic (exact) mass is 490 g/mol. The molecular weight excluding hydrogens is 452 g/mol. The van der Waals surface area contributed by atoms with E-state index in [1.54, 1.807) is 0 Å². The molecule has 1 heterocycles. The molecular formula is C34H38N2O. The summed E-state index contributed by atoms with van der Waals surface area (Å²) in [5.41, 5.74) is 7.72. The molecule has 3 aromatic carbocycles. The number of carbonyl (C=O) groups is 1. The van der Waals surface area contributed by atoms with Crippen molar-refractivity contribution in [1.29, 1.82) is 0 Å². The van der Waals surface area contributed by atoms with Crippen LogP contribution in [-0.2, 0) is 12.0 Å². The van der Waals surface area contributed by atoms with Crippen molar-refractivity contribution in [3.63, 3.8) is 0 Å². The summed E-state index contributed by atoms with van der Waals surface area (Å²) < 4.78 is 0. The number of hydrogen-bond acceptors (Lipinski definition) is 2. The van der Waals surface area contributed by atoms with Crippen molar-refractivity contribution in [3.05, 3.63) is 112 Å². The Kier molecular flexibility index (Phi) is 6.50. The zero-order valence-corrected chi connectivity index (χ0v) is 22.1. The number of nitrogens with one attached hydrogen (secondary N) is 1. The predicted octanol–water partition coefficient (Wildman–Crippen LogP) is 6.87. The lowest BCUT2D eigenvalue weighted by atomic mass is 9.68. The van der Waals surface area contributed by atoms with Crippen LogP contribution in [-0.4, -0.2) is 29.9 Å². The molecule has 37 heavy (non-hydrogen) atoms. The van der Waals surface area contributed by atoms with Crippen molar-refractivity contribution in [2.45, 2.75) is 63.5 Å². The molecule has 1 spiro atoms. The summed E-state index contributed by atoms with van der Waals surface area (Å²) in [6.07, 6.45) is 9.81. The maximum absolute atomic E-state index is 12.8. The second kappa shape index (κ2) is 9.95. The first-order valence-electron chi connectivity index (χ1n) is 14.0. The number of carbonyl (C=O) groups excluding carboxylic acids is 1. The van der Waals surface area contributed by atoms with Gasteiger partial charge in [-0.2, -0.15) is 0 Å². The molecule has 0 aromatic heterocycles. The Bertz CT molecular complexity index is 1310. The summed E-state index contributed by atoms with van der Waals surface area (Å²) in [6.45, 7) is 7.54. The molecule has 3 aliphatic rings. The highest BCUT2D eigenvalue weighted by Crippen LogP contribution is 2.48. The van der Waals surface area contributed by atoms with Crippen LogP contribution < -0.4 is 5.32 Å². The largest absolute Gasteiger partial charge is 0.348 e. The molecule has 3 heteroatoms. The van der Waals surface area contributed by atoms with E-state index in [1.807, 2.05) is 36.4 Å². The molecule has 4 atom stereocenters. The molecule has 3 nitrogen and oxygen atoms in total. The average molecular weight is 491 g/mol. The van der Waals surface area contributed by atoms with Gasteiger partial charge in [-0.15, -0.1) is 0 Å². The zero-order valence-electron chi connectivity index (χ0n) is 22.1. The fraction of sp³-hybridized carbons (Fsp3) is 0.382. The molecule has 0 radical (unpaired) electrons. The van der Waals surface area contributed by atoms with Gasteiger partial charge in [-0.3, -0.25) is 4.79 Å². The number of nitrogens with zero attached hydrogens (tertiary/aromatic N) is 1. The Balaban J connectivity index is 1.08. The van der Waals surface area contributed by atoms with Crippen molar-refractivity contribution < 1.29 is 4.79 Å². The van der Waals surface area contributed by atoms with E-state index in [0.717, 1.165) is 11.1 Å². The summed E-state index contributed by atoms with van der Waals surface area (Å²) in [4.78, 5) is 15.5. The highest BCUT2D eigenvalue weighted by Gasteiger charge is 2.45.